The largest absolute Gasteiger partial charge is 0.375 e. The topological polar surface area (TPSA) is 84.3 Å². The first-order valence-corrected chi connectivity index (χ1v) is 10.1. The molecule has 31 heavy (non-hydrogen) atoms. The zero-order valence-electron chi connectivity index (χ0n) is 16.8. The standard InChI is InChI=1S/C23H21ClFN3O3/c1-2-20(15-6-4-3-5-7-15)27-23(29)16-9-11-21(22(12-16)28(30)31)26-14-17-8-10-18(24)13-19(17)25/h3-13,20,26H,2,14H2,1H3,(H,27,29). The fourth-order valence-electron chi connectivity index (χ4n) is 3.18. The summed E-state index contributed by atoms with van der Waals surface area (Å²) in [6, 6.07) is 17.7. The highest BCUT2D eigenvalue weighted by molar-refractivity contribution is 6.30. The third-order valence-corrected chi connectivity index (χ3v) is 5.09. The summed E-state index contributed by atoms with van der Waals surface area (Å²) in [6.07, 6.45) is 0.671. The van der Waals surface area contributed by atoms with Crippen LogP contribution in [0.2, 0.25) is 5.02 Å². The van der Waals surface area contributed by atoms with Crippen LogP contribution in [0.25, 0.3) is 0 Å². The predicted octanol–water partition coefficient (Wildman–Crippen LogP) is 5.88. The Hall–Kier alpha value is -3.45. The van der Waals surface area contributed by atoms with Crippen molar-refractivity contribution >= 4 is 28.9 Å². The molecule has 160 valence electrons. The van der Waals surface area contributed by atoms with Crippen molar-refractivity contribution in [2.75, 3.05) is 5.32 Å². The Labute approximate surface area is 184 Å². The van der Waals surface area contributed by atoms with E-state index in [1.807, 2.05) is 37.3 Å². The van der Waals surface area contributed by atoms with Gasteiger partial charge in [0.25, 0.3) is 11.6 Å². The maximum atomic E-state index is 14.0. The van der Waals surface area contributed by atoms with Gasteiger partial charge in [0.2, 0.25) is 0 Å². The molecule has 0 spiro atoms. The highest BCUT2D eigenvalue weighted by atomic mass is 35.5. The lowest BCUT2D eigenvalue weighted by Crippen LogP contribution is -2.28. The molecule has 0 fully saturated rings. The number of anilines is 1. The van der Waals surface area contributed by atoms with Gasteiger partial charge < -0.3 is 10.6 Å². The second-order valence-electron chi connectivity index (χ2n) is 6.92. The summed E-state index contributed by atoms with van der Waals surface area (Å²) in [7, 11) is 0. The van der Waals surface area contributed by atoms with Gasteiger partial charge in [-0.25, -0.2) is 4.39 Å². The summed E-state index contributed by atoms with van der Waals surface area (Å²) >= 11 is 5.75. The first kappa shape index (κ1) is 22.2. The van der Waals surface area contributed by atoms with E-state index in [1.54, 1.807) is 6.07 Å². The van der Waals surface area contributed by atoms with E-state index >= 15 is 0 Å². The molecule has 0 aromatic heterocycles. The van der Waals surface area contributed by atoms with Crippen molar-refractivity contribution in [2.45, 2.75) is 25.9 Å². The summed E-state index contributed by atoms with van der Waals surface area (Å²) in [5.74, 6) is -0.917. The molecule has 1 amide bonds. The Kier molecular flexibility index (Phi) is 7.20. The molecule has 0 aliphatic heterocycles. The minimum absolute atomic E-state index is 0.0291. The van der Waals surface area contributed by atoms with Crippen molar-refractivity contribution in [3.8, 4) is 0 Å². The van der Waals surface area contributed by atoms with E-state index in [2.05, 4.69) is 10.6 Å². The highest BCUT2D eigenvalue weighted by Gasteiger charge is 2.20. The first-order chi connectivity index (χ1) is 14.9. The van der Waals surface area contributed by atoms with Gasteiger partial charge in [-0.3, -0.25) is 14.9 Å². The maximum absolute atomic E-state index is 14.0. The van der Waals surface area contributed by atoms with Gasteiger partial charge in [0, 0.05) is 28.8 Å². The van der Waals surface area contributed by atoms with Gasteiger partial charge in [-0.15, -0.1) is 0 Å². The van der Waals surface area contributed by atoms with Crippen LogP contribution >= 0.6 is 11.6 Å². The zero-order valence-corrected chi connectivity index (χ0v) is 17.5. The van der Waals surface area contributed by atoms with Crippen molar-refractivity contribution in [1.29, 1.82) is 0 Å². The van der Waals surface area contributed by atoms with Crippen molar-refractivity contribution in [3.63, 3.8) is 0 Å². The summed E-state index contributed by atoms with van der Waals surface area (Å²) in [5, 5.41) is 17.6. The number of nitrogens with one attached hydrogen (secondary N) is 2. The summed E-state index contributed by atoms with van der Waals surface area (Å²) in [4.78, 5) is 23.7. The van der Waals surface area contributed by atoms with Crippen LogP contribution in [0, 0.1) is 15.9 Å². The molecule has 0 radical (unpaired) electrons. The van der Waals surface area contributed by atoms with E-state index in [1.165, 1.54) is 30.3 Å². The van der Waals surface area contributed by atoms with E-state index < -0.39 is 16.6 Å². The van der Waals surface area contributed by atoms with Crippen LogP contribution in [0.1, 0.15) is 40.9 Å². The molecule has 0 saturated heterocycles. The van der Waals surface area contributed by atoms with Crippen molar-refractivity contribution in [3.05, 3.63) is 104 Å². The number of rotatable bonds is 8. The van der Waals surface area contributed by atoms with Gasteiger partial charge in [0.05, 0.1) is 11.0 Å². The highest BCUT2D eigenvalue weighted by Crippen LogP contribution is 2.27. The fourth-order valence-corrected chi connectivity index (χ4v) is 3.34. The average molecular weight is 442 g/mol. The van der Waals surface area contributed by atoms with Crippen LogP contribution < -0.4 is 10.6 Å². The third-order valence-electron chi connectivity index (χ3n) is 4.86. The Morgan fingerprint density at radius 1 is 1.13 bits per heavy atom. The molecule has 0 aliphatic rings. The van der Waals surface area contributed by atoms with E-state index in [-0.39, 0.29) is 34.5 Å². The molecule has 0 saturated carbocycles. The molecular weight excluding hydrogens is 421 g/mol. The zero-order chi connectivity index (χ0) is 22.4. The molecule has 1 unspecified atom stereocenters. The molecule has 1 atom stereocenters. The van der Waals surface area contributed by atoms with Gasteiger partial charge in [-0.1, -0.05) is 54.9 Å². The number of nitrogens with zero attached hydrogens (tertiary/aromatic N) is 1. The quantitative estimate of drug-likeness (QED) is 0.337. The summed E-state index contributed by atoms with van der Waals surface area (Å²) in [6.45, 7) is 1.98. The molecule has 3 aromatic rings. The number of nitro groups is 1. The Morgan fingerprint density at radius 3 is 2.52 bits per heavy atom. The lowest BCUT2D eigenvalue weighted by atomic mass is 10.0. The number of carbonyl (C=O) groups is 1. The van der Waals surface area contributed by atoms with Crippen LogP contribution in [0.3, 0.4) is 0 Å². The molecule has 8 heteroatoms. The van der Waals surface area contributed by atoms with E-state index in [9.17, 15) is 19.3 Å². The maximum Gasteiger partial charge on any atom is 0.293 e. The molecule has 3 rings (SSSR count). The monoisotopic (exact) mass is 441 g/mol. The van der Waals surface area contributed by atoms with Gasteiger partial charge in [-0.2, -0.15) is 0 Å². The SMILES string of the molecule is CCC(NC(=O)c1ccc(NCc2ccc(Cl)cc2F)c([N+](=O)[O-])c1)c1ccccc1. The fraction of sp³-hybridized carbons (Fsp3) is 0.174. The second kappa shape index (κ2) is 10.0. The molecule has 0 aliphatic carbocycles. The number of nitro benzene ring substituents is 1. The van der Waals surface area contributed by atoms with Crippen molar-refractivity contribution in [1.82, 2.24) is 5.32 Å². The van der Waals surface area contributed by atoms with E-state index in [0.29, 0.717) is 12.0 Å². The summed E-state index contributed by atoms with van der Waals surface area (Å²) < 4.78 is 14.0. The third kappa shape index (κ3) is 5.58. The van der Waals surface area contributed by atoms with Gasteiger partial charge in [0.15, 0.2) is 0 Å². The van der Waals surface area contributed by atoms with Crippen molar-refractivity contribution < 1.29 is 14.1 Å². The molecule has 6 nitrogen and oxygen atoms in total. The number of benzene rings is 3. The number of hydrogen-bond acceptors (Lipinski definition) is 4. The first-order valence-electron chi connectivity index (χ1n) is 9.71. The van der Waals surface area contributed by atoms with Crippen molar-refractivity contribution in [2.24, 2.45) is 0 Å². The Bertz CT molecular complexity index is 1090. The molecule has 0 heterocycles. The van der Waals surface area contributed by atoms with E-state index in [0.717, 1.165) is 5.56 Å². The number of carbonyl (C=O) groups excluding carboxylic acids is 1. The second-order valence-corrected chi connectivity index (χ2v) is 7.36. The van der Waals surface area contributed by atoms with Gasteiger partial charge >= 0.3 is 0 Å². The van der Waals surface area contributed by atoms with Gasteiger partial charge in [0.1, 0.15) is 11.5 Å². The minimum atomic E-state index is -0.578. The molecule has 2 N–H and O–H groups in total. The normalized spacial score (nSPS) is 11.6. The van der Waals surface area contributed by atoms with Crippen LogP contribution in [0.4, 0.5) is 15.8 Å². The number of amides is 1. The smallest absolute Gasteiger partial charge is 0.293 e. The lowest BCUT2D eigenvalue weighted by molar-refractivity contribution is -0.384. The predicted molar refractivity (Wildman–Crippen MR) is 119 cm³/mol. The molecule has 0 bridgehead atoms. The minimum Gasteiger partial charge on any atom is -0.375 e. The Balaban J connectivity index is 1.77. The van der Waals surface area contributed by atoms with Crippen LogP contribution in [0.15, 0.2) is 66.7 Å². The summed E-state index contributed by atoms with van der Waals surface area (Å²) in [5.41, 5.74) is 1.36. The van der Waals surface area contributed by atoms with Crippen LogP contribution in [-0.2, 0) is 6.54 Å². The van der Waals surface area contributed by atoms with E-state index in [4.69, 9.17) is 11.6 Å². The van der Waals surface area contributed by atoms with Gasteiger partial charge in [-0.05, 0) is 36.2 Å². The lowest BCUT2D eigenvalue weighted by Gasteiger charge is -2.17. The molecular formula is C23H21ClFN3O3. The Morgan fingerprint density at radius 2 is 1.87 bits per heavy atom. The average Bonchev–Trinajstić information content (AvgIpc) is 2.77. The number of halogens is 2. The van der Waals surface area contributed by atoms with Crippen LogP contribution in [-0.4, -0.2) is 10.8 Å². The van der Waals surface area contributed by atoms with Crippen LogP contribution in [0.5, 0.6) is 0 Å². The molecule has 3 aromatic carbocycles. The number of hydrogen-bond donors (Lipinski definition) is 2.